The first-order valence-electron chi connectivity index (χ1n) is 6.18. The summed E-state index contributed by atoms with van der Waals surface area (Å²) in [6.07, 6.45) is 0.992. The van der Waals surface area contributed by atoms with Crippen molar-refractivity contribution in [2.75, 3.05) is 13.2 Å². The number of benzene rings is 1. The van der Waals surface area contributed by atoms with Gasteiger partial charge in [-0.05, 0) is 38.0 Å². The van der Waals surface area contributed by atoms with Gasteiger partial charge < -0.3 is 15.8 Å². The summed E-state index contributed by atoms with van der Waals surface area (Å²) in [6, 6.07) is 7.74. The van der Waals surface area contributed by atoms with Crippen LogP contribution in [0.1, 0.15) is 26.3 Å². The second-order valence-corrected chi connectivity index (χ2v) is 5.05. The average molecular weight is 250 g/mol. The lowest BCUT2D eigenvalue weighted by Crippen LogP contribution is -2.46. The monoisotopic (exact) mass is 250 g/mol. The molecule has 4 nitrogen and oxygen atoms in total. The van der Waals surface area contributed by atoms with E-state index in [0.717, 1.165) is 6.42 Å². The molecule has 100 valence electrons. The molecule has 0 unspecified atom stereocenters. The van der Waals surface area contributed by atoms with E-state index in [1.165, 1.54) is 5.56 Å². The van der Waals surface area contributed by atoms with E-state index in [9.17, 15) is 4.79 Å². The Labute approximate surface area is 109 Å². The van der Waals surface area contributed by atoms with E-state index >= 15 is 0 Å². The number of ether oxygens (including phenoxy) is 1. The number of amides is 1. The predicted molar refractivity (Wildman–Crippen MR) is 72.6 cm³/mol. The maximum absolute atomic E-state index is 11.5. The minimum Gasteiger partial charge on any atom is -0.484 e. The van der Waals surface area contributed by atoms with Crippen molar-refractivity contribution in [3.8, 4) is 5.75 Å². The van der Waals surface area contributed by atoms with E-state index in [2.05, 4.69) is 12.2 Å². The quantitative estimate of drug-likeness (QED) is 0.804. The predicted octanol–water partition coefficient (Wildman–Crippen LogP) is 1.48. The Kier molecular flexibility index (Phi) is 5.16. The molecule has 0 saturated carbocycles. The van der Waals surface area contributed by atoms with Crippen molar-refractivity contribution in [3.63, 3.8) is 0 Å². The van der Waals surface area contributed by atoms with E-state index in [-0.39, 0.29) is 12.5 Å². The molecule has 4 heteroatoms. The van der Waals surface area contributed by atoms with Crippen LogP contribution < -0.4 is 15.8 Å². The summed E-state index contributed by atoms with van der Waals surface area (Å²) in [7, 11) is 0. The van der Waals surface area contributed by atoms with Crippen LogP contribution in [0, 0.1) is 0 Å². The van der Waals surface area contributed by atoms with Crippen LogP contribution in [0.4, 0.5) is 0 Å². The molecule has 0 aliphatic rings. The van der Waals surface area contributed by atoms with E-state index in [1.54, 1.807) is 0 Å². The number of hydrogen-bond donors (Lipinski definition) is 2. The summed E-state index contributed by atoms with van der Waals surface area (Å²) in [5.41, 5.74) is 6.61. The molecule has 0 radical (unpaired) electrons. The topological polar surface area (TPSA) is 64.3 Å². The normalized spacial score (nSPS) is 11.1. The van der Waals surface area contributed by atoms with Crippen LogP contribution in [0.25, 0.3) is 0 Å². The molecule has 1 amide bonds. The molecule has 0 fully saturated rings. The third kappa shape index (κ3) is 5.68. The van der Waals surface area contributed by atoms with Gasteiger partial charge in [-0.25, -0.2) is 0 Å². The fraction of sp³-hybridized carbons (Fsp3) is 0.500. The SMILES string of the molecule is CCc1ccc(OCC(=O)NCC(C)(C)N)cc1. The zero-order chi connectivity index (χ0) is 13.6. The fourth-order valence-electron chi connectivity index (χ4n) is 1.35. The molecule has 1 aromatic rings. The highest BCUT2D eigenvalue weighted by Gasteiger charge is 2.12. The van der Waals surface area contributed by atoms with E-state index in [0.29, 0.717) is 12.3 Å². The molecule has 18 heavy (non-hydrogen) atoms. The first-order chi connectivity index (χ1) is 8.40. The molecule has 0 aromatic heterocycles. The van der Waals surface area contributed by atoms with Crippen LogP contribution in [-0.2, 0) is 11.2 Å². The molecule has 0 aliphatic carbocycles. The van der Waals surface area contributed by atoms with Crippen molar-refractivity contribution in [1.82, 2.24) is 5.32 Å². The lowest BCUT2D eigenvalue weighted by atomic mass is 10.1. The van der Waals surface area contributed by atoms with Gasteiger partial charge in [-0.1, -0.05) is 19.1 Å². The molecular weight excluding hydrogens is 228 g/mol. The highest BCUT2D eigenvalue weighted by molar-refractivity contribution is 5.77. The molecule has 0 bridgehead atoms. The van der Waals surface area contributed by atoms with Gasteiger partial charge >= 0.3 is 0 Å². The van der Waals surface area contributed by atoms with Crippen LogP contribution in [0.2, 0.25) is 0 Å². The minimum absolute atomic E-state index is 0.0154. The first-order valence-corrected chi connectivity index (χ1v) is 6.18. The highest BCUT2D eigenvalue weighted by atomic mass is 16.5. The smallest absolute Gasteiger partial charge is 0.258 e. The summed E-state index contributed by atoms with van der Waals surface area (Å²) < 4.78 is 5.38. The first kappa shape index (κ1) is 14.5. The summed E-state index contributed by atoms with van der Waals surface area (Å²) in [4.78, 5) is 11.5. The summed E-state index contributed by atoms with van der Waals surface area (Å²) >= 11 is 0. The molecule has 3 N–H and O–H groups in total. The standard InChI is InChI=1S/C14H22N2O2/c1-4-11-5-7-12(8-6-11)18-9-13(17)16-10-14(2,3)15/h5-8H,4,9-10,15H2,1-3H3,(H,16,17). The molecule has 0 heterocycles. The molecule has 1 aromatic carbocycles. The molecule has 0 spiro atoms. The number of nitrogens with one attached hydrogen (secondary N) is 1. The van der Waals surface area contributed by atoms with Crippen LogP contribution >= 0.6 is 0 Å². The van der Waals surface area contributed by atoms with E-state index in [1.807, 2.05) is 38.1 Å². The van der Waals surface area contributed by atoms with Gasteiger partial charge in [-0.15, -0.1) is 0 Å². The Morgan fingerprint density at radius 2 is 1.94 bits per heavy atom. The van der Waals surface area contributed by atoms with Gasteiger partial charge in [-0.3, -0.25) is 4.79 Å². The summed E-state index contributed by atoms with van der Waals surface area (Å²) in [6.45, 7) is 6.26. The Balaban J connectivity index is 2.33. The highest BCUT2D eigenvalue weighted by Crippen LogP contribution is 2.12. The Hall–Kier alpha value is -1.55. The van der Waals surface area contributed by atoms with Gasteiger partial charge in [0.25, 0.3) is 5.91 Å². The van der Waals surface area contributed by atoms with Gasteiger partial charge in [0.1, 0.15) is 5.75 Å². The summed E-state index contributed by atoms with van der Waals surface area (Å²) in [5, 5.41) is 2.73. The lowest BCUT2D eigenvalue weighted by molar-refractivity contribution is -0.123. The maximum atomic E-state index is 11.5. The van der Waals surface area contributed by atoms with Crippen molar-refractivity contribution in [1.29, 1.82) is 0 Å². The van der Waals surface area contributed by atoms with Crippen molar-refractivity contribution < 1.29 is 9.53 Å². The number of carbonyl (C=O) groups excluding carboxylic acids is 1. The van der Waals surface area contributed by atoms with Crippen molar-refractivity contribution >= 4 is 5.91 Å². The number of carbonyl (C=O) groups is 1. The second-order valence-electron chi connectivity index (χ2n) is 5.05. The van der Waals surface area contributed by atoms with E-state index < -0.39 is 5.54 Å². The molecular formula is C14H22N2O2. The van der Waals surface area contributed by atoms with Crippen molar-refractivity contribution in [2.45, 2.75) is 32.7 Å². The van der Waals surface area contributed by atoms with Crippen molar-refractivity contribution in [3.05, 3.63) is 29.8 Å². The van der Waals surface area contributed by atoms with Crippen LogP contribution in [-0.4, -0.2) is 24.6 Å². The van der Waals surface area contributed by atoms with Crippen LogP contribution in [0.3, 0.4) is 0 Å². The van der Waals surface area contributed by atoms with Gasteiger partial charge in [-0.2, -0.15) is 0 Å². The molecule has 0 aliphatic heterocycles. The zero-order valence-electron chi connectivity index (χ0n) is 11.3. The van der Waals surface area contributed by atoms with Crippen LogP contribution in [0.5, 0.6) is 5.75 Å². The largest absolute Gasteiger partial charge is 0.484 e. The van der Waals surface area contributed by atoms with Gasteiger partial charge in [0, 0.05) is 12.1 Å². The van der Waals surface area contributed by atoms with Crippen molar-refractivity contribution in [2.24, 2.45) is 5.73 Å². The number of rotatable bonds is 6. The third-order valence-electron chi connectivity index (χ3n) is 2.44. The maximum Gasteiger partial charge on any atom is 0.258 e. The van der Waals surface area contributed by atoms with Gasteiger partial charge in [0.05, 0.1) is 0 Å². The lowest BCUT2D eigenvalue weighted by Gasteiger charge is -2.18. The van der Waals surface area contributed by atoms with Gasteiger partial charge in [0.15, 0.2) is 6.61 Å². The third-order valence-corrected chi connectivity index (χ3v) is 2.44. The van der Waals surface area contributed by atoms with Crippen LogP contribution in [0.15, 0.2) is 24.3 Å². The minimum atomic E-state index is -0.404. The molecule has 0 saturated heterocycles. The zero-order valence-corrected chi connectivity index (χ0v) is 11.3. The Bertz CT molecular complexity index is 380. The number of aryl methyl sites for hydroxylation is 1. The molecule has 0 atom stereocenters. The Morgan fingerprint density at radius 1 is 1.33 bits per heavy atom. The Morgan fingerprint density at radius 3 is 2.44 bits per heavy atom. The number of nitrogens with two attached hydrogens (primary N) is 1. The second kappa shape index (κ2) is 6.40. The fourth-order valence-corrected chi connectivity index (χ4v) is 1.35. The van der Waals surface area contributed by atoms with E-state index in [4.69, 9.17) is 10.5 Å². The number of hydrogen-bond acceptors (Lipinski definition) is 3. The molecule has 1 rings (SSSR count). The van der Waals surface area contributed by atoms with Gasteiger partial charge in [0.2, 0.25) is 0 Å². The average Bonchev–Trinajstić information content (AvgIpc) is 2.33. The summed E-state index contributed by atoms with van der Waals surface area (Å²) in [5.74, 6) is 0.544.